The highest BCUT2D eigenvalue weighted by molar-refractivity contribution is 6.33. The zero-order chi connectivity index (χ0) is 19.1. The summed E-state index contributed by atoms with van der Waals surface area (Å²) in [6, 6.07) is 9.83. The molecular formula is C18H17Cl2N3O3. The number of halogens is 2. The van der Waals surface area contributed by atoms with Gasteiger partial charge in [0.25, 0.3) is 5.91 Å². The third-order valence-electron chi connectivity index (χ3n) is 4.60. The third-order valence-corrected chi connectivity index (χ3v) is 4.98. The van der Waals surface area contributed by atoms with E-state index >= 15 is 0 Å². The van der Waals surface area contributed by atoms with Crippen molar-refractivity contribution in [2.45, 2.75) is 18.9 Å². The molecule has 0 aliphatic carbocycles. The second-order valence-electron chi connectivity index (χ2n) is 6.25. The van der Waals surface area contributed by atoms with Gasteiger partial charge >= 0.3 is 6.03 Å². The van der Waals surface area contributed by atoms with Crippen LogP contribution >= 0.6 is 23.2 Å². The molecule has 1 aromatic heterocycles. The average molecular weight is 394 g/mol. The second kappa shape index (κ2) is 6.78. The molecule has 1 atom stereocenters. The Morgan fingerprint density at radius 1 is 1.12 bits per heavy atom. The fourth-order valence-electron chi connectivity index (χ4n) is 2.98. The van der Waals surface area contributed by atoms with Crippen LogP contribution < -0.4 is 9.64 Å². The van der Waals surface area contributed by atoms with Crippen LogP contribution in [0.2, 0.25) is 10.3 Å². The van der Waals surface area contributed by atoms with Gasteiger partial charge in [0.15, 0.2) is 0 Å². The number of amides is 3. The summed E-state index contributed by atoms with van der Waals surface area (Å²) in [6.07, 6.45) is 0.362. The molecule has 8 heteroatoms. The van der Waals surface area contributed by atoms with E-state index in [-0.39, 0.29) is 16.2 Å². The maximum absolute atomic E-state index is 13.1. The number of imide groups is 1. The molecule has 0 saturated carbocycles. The molecule has 136 valence electrons. The predicted molar refractivity (Wildman–Crippen MR) is 100 cm³/mol. The van der Waals surface area contributed by atoms with Crippen molar-refractivity contribution in [1.82, 2.24) is 9.88 Å². The first kappa shape index (κ1) is 18.5. The van der Waals surface area contributed by atoms with Crippen molar-refractivity contribution in [3.8, 4) is 5.75 Å². The van der Waals surface area contributed by atoms with Crippen molar-refractivity contribution in [3.05, 3.63) is 52.3 Å². The van der Waals surface area contributed by atoms with Gasteiger partial charge in [-0.15, -0.1) is 0 Å². The van der Waals surface area contributed by atoms with Crippen LogP contribution in [0.1, 0.15) is 12.5 Å². The van der Waals surface area contributed by atoms with Gasteiger partial charge in [-0.1, -0.05) is 35.3 Å². The summed E-state index contributed by atoms with van der Waals surface area (Å²) < 4.78 is 5.15. The van der Waals surface area contributed by atoms with Crippen LogP contribution in [0.15, 0.2) is 36.4 Å². The standard InChI is InChI=1S/C18H17Cl2N3O3/c1-18(10-11-4-6-13(26-3)7-5-11)16(24)23(17(25)22(18)2)12-8-14(19)21-15(20)9-12/h4-9H,10H2,1-3H3. The number of urea groups is 1. The van der Waals surface area contributed by atoms with Gasteiger partial charge in [-0.3, -0.25) is 4.79 Å². The number of methoxy groups -OCH3 is 1. The molecule has 0 N–H and O–H groups in total. The Hall–Kier alpha value is -2.31. The number of ether oxygens (including phenoxy) is 1. The molecule has 1 aliphatic heterocycles. The minimum absolute atomic E-state index is 0.111. The molecule has 3 amide bonds. The van der Waals surface area contributed by atoms with Gasteiger partial charge in [0.1, 0.15) is 21.6 Å². The van der Waals surface area contributed by atoms with Crippen LogP contribution in [0.4, 0.5) is 10.5 Å². The summed E-state index contributed by atoms with van der Waals surface area (Å²) in [5, 5.41) is 0.221. The number of carbonyl (C=O) groups is 2. The lowest BCUT2D eigenvalue weighted by atomic mass is 9.91. The fraction of sp³-hybridized carbons (Fsp3) is 0.278. The third kappa shape index (κ3) is 3.10. The van der Waals surface area contributed by atoms with Crippen molar-refractivity contribution in [1.29, 1.82) is 0 Å². The highest BCUT2D eigenvalue weighted by Gasteiger charge is 2.53. The fourth-order valence-corrected chi connectivity index (χ4v) is 3.43. The molecule has 2 heterocycles. The molecule has 1 aliphatic rings. The summed E-state index contributed by atoms with van der Waals surface area (Å²) in [5.74, 6) is 0.378. The van der Waals surface area contributed by atoms with Gasteiger partial charge in [-0.25, -0.2) is 14.7 Å². The lowest BCUT2D eigenvalue weighted by molar-refractivity contribution is -0.123. The number of benzene rings is 1. The number of likely N-dealkylation sites (N-methyl/N-ethyl adjacent to an activating group) is 1. The van der Waals surface area contributed by atoms with Gasteiger partial charge in [-0.2, -0.15) is 0 Å². The van der Waals surface area contributed by atoms with Gasteiger partial charge in [0.2, 0.25) is 0 Å². The molecule has 0 spiro atoms. The molecule has 1 aromatic carbocycles. The van der Waals surface area contributed by atoms with E-state index in [1.165, 1.54) is 17.0 Å². The minimum Gasteiger partial charge on any atom is -0.497 e. The SMILES string of the molecule is COc1ccc(CC2(C)C(=O)N(c3cc(Cl)nc(Cl)c3)C(=O)N2C)cc1. The van der Waals surface area contributed by atoms with Crippen molar-refractivity contribution in [3.63, 3.8) is 0 Å². The van der Waals surface area contributed by atoms with E-state index in [4.69, 9.17) is 27.9 Å². The molecule has 26 heavy (non-hydrogen) atoms. The van der Waals surface area contributed by atoms with E-state index < -0.39 is 11.6 Å². The molecule has 0 bridgehead atoms. The van der Waals surface area contributed by atoms with Crippen LogP contribution in [-0.2, 0) is 11.2 Å². The average Bonchev–Trinajstić information content (AvgIpc) is 2.75. The number of carbonyl (C=O) groups excluding carboxylic acids is 2. The van der Waals surface area contributed by atoms with Crippen LogP contribution in [0.3, 0.4) is 0 Å². The highest BCUT2D eigenvalue weighted by Crippen LogP contribution is 2.35. The van der Waals surface area contributed by atoms with E-state index in [1.807, 2.05) is 24.3 Å². The summed E-state index contributed by atoms with van der Waals surface area (Å²) in [4.78, 5) is 32.3. The van der Waals surface area contributed by atoms with Crippen LogP contribution in [0.5, 0.6) is 5.75 Å². The number of rotatable bonds is 4. The number of hydrogen-bond donors (Lipinski definition) is 0. The summed E-state index contributed by atoms with van der Waals surface area (Å²) >= 11 is 11.8. The zero-order valence-electron chi connectivity index (χ0n) is 14.5. The van der Waals surface area contributed by atoms with E-state index in [0.717, 1.165) is 16.2 Å². The van der Waals surface area contributed by atoms with Crippen molar-refractivity contribution in [2.24, 2.45) is 0 Å². The quantitative estimate of drug-likeness (QED) is 0.585. The number of anilines is 1. The summed E-state index contributed by atoms with van der Waals surface area (Å²) in [5.41, 5.74) is 0.178. The Balaban J connectivity index is 1.95. The van der Waals surface area contributed by atoms with E-state index in [1.54, 1.807) is 21.1 Å². The maximum atomic E-state index is 13.1. The monoisotopic (exact) mass is 393 g/mol. The molecule has 6 nitrogen and oxygen atoms in total. The van der Waals surface area contributed by atoms with Gasteiger partial charge in [0, 0.05) is 13.5 Å². The Morgan fingerprint density at radius 3 is 2.23 bits per heavy atom. The Bertz CT molecular complexity index is 852. The van der Waals surface area contributed by atoms with Gasteiger partial charge in [0.05, 0.1) is 12.8 Å². The first-order valence-electron chi connectivity index (χ1n) is 7.84. The lowest BCUT2D eigenvalue weighted by Crippen LogP contribution is -2.47. The van der Waals surface area contributed by atoms with Crippen molar-refractivity contribution in [2.75, 3.05) is 19.1 Å². The largest absolute Gasteiger partial charge is 0.497 e. The number of nitrogens with zero attached hydrogens (tertiary/aromatic N) is 3. The second-order valence-corrected chi connectivity index (χ2v) is 7.03. The first-order valence-corrected chi connectivity index (χ1v) is 8.60. The summed E-state index contributed by atoms with van der Waals surface area (Å²) in [7, 11) is 3.19. The van der Waals surface area contributed by atoms with E-state index in [0.29, 0.717) is 12.1 Å². The number of hydrogen-bond acceptors (Lipinski definition) is 4. The van der Waals surface area contributed by atoms with Gasteiger partial charge < -0.3 is 9.64 Å². The van der Waals surface area contributed by atoms with Crippen LogP contribution in [0.25, 0.3) is 0 Å². The molecule has 0 radical (unpaired) electrons. The molecule has 1 unspecified atom stereocenters. The highest BCUT2D eigenvalue weighted by atomic mass is 35.5. The predicted octanol–water partition coefficient (Wildman–Crippen LogP) is 3.80. The normalized spacial score (nSPS) is 20.0. The Morgan fingerprint density at radius 2 is 1.69 bits per heavy atom. The van der Waals surface area contributed by atoms with Crippen molar-refractivity contribution >= 4 is 40.8 Å². The van der Waals surface area contributed by atoms with Crippen LogP contribution in [-0.4, -0.2) is 41.5 Å². The Labute approximate surface area is 161 Å². The number of pyridine rings is 1. The van der Waals surface area contributed by atoms with E-state index in [2.05, 4.69) is 4.98 Å². The van der Waals surface area contributed by atoms with Gasteiger partial charge in [-0.05, 0) is 36.8 Å². The molecule has 2 aromatic rings. The lowest BCUT2D eigenvalue weighted by Gasteiger charge is -2.28. The summed E-state index contributed by atoms with van der Waals surface area (Å²) in [6.45, 7) is 1.74. The molecular weight excluding hydrogens is 377 g/mol. The topological polar surface area (TPSA) is 62.7 Å². The minimum atomic E-state index is -1.03. The zero-order valence-corrected chi connectivity index (χ0v) is 16.0. The first-order chi connectivity index (χ1) is 12.3. The number of aromatic nitrogens is 1. The molecule has 1 fully saturated rings. The molecule has 3 rings (SSSR count). The maximum Gasteiger partial charge on any atom is 0.332 e. The van der Waals surface area contributed by atoms with Crippen molar-refractivity contribution < 1.29 is 14.3 Å². The van der Waals surface area contributed by atoms with Crippen LogP contribution in [0, 0.1) is 0 Å². The van der Waals surface area contributed by atoms with E-state index in [9.17, 15) is 9.59 Å². The smallest absolute Gasteiger partial charge is 0.332 e. The Kier molecular flexibility index (Phi) is 4.82. The molecule has 1 saturated heterocycles.